The van der Waals surface area contributed by atoms with Crippen LogP contribution in [0.2, 0.25) is 0 Å². The Hall–Kier alpha value is -2.63. The zero-order valence-corrected chi connectivity index (χ0v) is 14.8. The molecule has 0 aromatic heterocycles. The monoisotopic (exact) mass is 382 g/mol. The second-order valence-corrected chi connectivity index (χ2v) is 6.03. The number of rotatable bonds is 5. The number of nitro groups is 1. The van der Waals surface area contributed by atoms with Crippen molar-refractivity contribution in [3.05, 3.63) is 39.9 Å². The number of amides is 2. The van der Waals surface area contributed by atoms with E-state index in [-0.39, 0.29) is 22.3 Å². The molecular formula is C15H20N5O5S+. The van der Waals surface area contributed by atoms with Gasteiger partial charge in [-0.15, -0.1) is 0 Å². The van der Waals surface area contributed by atoms with Crippen molar-refractivity contribution in [2.45, 2.75) is 6.42 Å². The summed E-state index contributed by atoms with van der Waals surface area (Å²) in [7, 11) is 0. The Balaban J connectivity index is 1.72. The molecule has 11 heteroatoms. The summed E-state index contributed by atoms with van der Waals surface area (Å²) in [6, 6.07) is 5.25. The fourth-order valence-corrected chi connectivity index (χ4v) is 2.50. The molecule has 1 saturated heterocycles. The molecule has 0 atom stereocenters. The Morgan fingerprint density at radius 1 is 1.27 bits per heavy atom. The number of hydrogen-bond acceptors (Lipinski definition) is 6. The largest absolute Gasteiger partial charge is 0.370 e. The Labute approximate surface area is 155 Å². The number of non-ortho nitro benzene ring substituents is 1. The fraction of sp³-hybridized carbons (Fsp3) is 0.400. The van der Waals surface area contributed by atoms with Crippen LogP contribution in [0.15, 0.2) is 24.3 Å². The Morgan fingerprint density at radius 2 is 2.00 bits per heavy atom. The molecular weight excluding hydrogens is 362 g/mol. The van der Waals surface area contributed by atoms with E-state index < -0.39 is 10.8 Å². The molecule has 26 heavy (non-hydrogen) atoms. The van der Waals surface area contributed by atoms with Gasteiger partial charge in [-0.2, -0.15) is 0 Å². The summed E-state index contributed by atoms with van der Waals surface area (Å²) in [5, 5.41) is 13.0. The van der Waals surface area contributed by atoms with Gasteiger partial charge in [0.1, 0.15) is 13.1 Å². The molecule has 0 saturated carbocycles. The molecule has 4 N–H and O–H groups in total. The fourth-order valence-electron chi connectivity index (χ4n) is 2.36. The van der Waals surface area contributed by atoms with Crippen molar-refractivity contribution < 1.29 is 24.1 Å². The van der Waals surface area contributed by atoms with Crippen LogP contribution in [-0.4, -0.2) is 54.7 Å². The van der Waals surface area contributed by atoms with E-state index in [2.05, 4.69) is 16.2 Å². The molecule has 0 bridgehead atoms. The van der Waals surface area contributed by atoms with Gasteiger partial charge in [-0.3, -0.25) is 35.9 Å². The first kappa shape index (κ1) is 19.7. The zero-order chi connectivity index (χ0) is 18.9. The maximum Gasteiger partial charge on any atom is 0.270 e. The molecule has 1 aliphatic rings. The van der Waals surface area contributed by atoms with Crippen LogP contribution < -0.4 is 21.1 Å². The summed E-state index contributed by atoms with van der Waals surface area (Å²) in [6.45, 7) is 3.83. The third-order valence-electron chi connectivity index (χ3n) is 3.77. The van der Waals surface area contributed by atoms with Crippen LogP contribution in [0, 0.1) is 10.1 Å². The third kappa shape index (κ3) is 6.35. The quantitative estimate of drug-likeness (QED) is 0.278. The van der Waals surface area contributed by atoms with Crippen molar-refractivity contribution in [1.82, 2.24) is 16.2 Å². The number of benzene rings is 1. The predicted molar refractivity (Wildman–Crippen MR) is 95.4 cm³/mol. The number of ether oxygens (including phenoxy) is 1. The van der Waals surface area contributed by atoms with E-state index in [1.807, 2.05) is 0 Å². The highest BCUT2D eigenvalue weighted by atomic mass is 32.1. The average Bonchev–Trinajstić information content (AvgIpc) is 2.65. The molecule has 1 aliphatic heterocycles. The van der Waals surface area contributed by atoms with E-state index in [9.17, 15) is 19.7 Å². The van der Waals surface area contributed by atoms with Crippen LogP contribution in [0.4, 0.5) is 5.69 Å². The van der Waals surface area contributed by atoms with Gasteiger partial charge in [0.25, 0.3) is 11.6 Å². The Morgan fingerprint density at radius 3 is 2.69 bits per heavy atom. The number of nitro benzene ring substituents is 1. The topological polar surface area (TPSA) is 127 Å². The van der Waals surface area contributed by atoms with Gasteiger partial charge in [-0.25, -0.2) is 0 Å². The lowest BCUT2D eigenvalue weighted by atomic mass is 10.2. The van der Waals surface area contributed by atoms with E-state index in [1.165, 1.54) is 23.1 Å². The number of nitrogens with one attached hydrogen (secondary N) is 4. The van der Waals surface area contributed by atoms with Crippen molar-refractivity contribution in [2.24, 2.45) is 0 Å². The summed E-state index contributed by atoms with van der Waals surface area (Å²) in [5.41, 5.74) is 4.74. The molecule has 2 rings (SSSR count). The lowest BCUT2D eigenvalue weighted by Gasteiger charge is -2.23. The SMILES string of the molecule is O=C(CC[NH+]1CCOCC1)NNC(=S)NC(=O)c1cccc([N+](=O)[O-])c1. The normalized spacial score (nSPS) is 14.3. The lowest BCUT2D eigenvalue weighted by Crippen LogP contribution is -3.14. The molecule has 0 spiro atoms. The van der Waals surface area contributed by atoms with E-state index in [0.29, 0.717) is 26.2 Å². The third-order valence-corrected chi connectivity index (χ3v) is 3.97. The Bertz CT molecular complexity index is 693. The van der Waals surface area contributed by atoms with Gasteiger partial charge in [0.2, 0.25) is 5.91 Å². The molecule has 1 aromatic rings. The van der Waals surface area contributed by atoms with Gasteiger partial charge in [-0.1, -0.05) is 6.07 Å². The minimum atomic E-state index is -0.613. The van der Waals surface area contributed by atoms with Crippen molar-refractivity contribution in [2.75, 3.05) is 32.8 Å². The van der Waals surface area contributed by atoms with Gasteiger partial charge in [0.15, 0.2) is 5.11 Å². The van der Waals surface area contributed by atoms with Gasteiger partial charge >= 0.3 is 0 Å². The number of carbonyl (C=O) groups is 2. The molecule has 1 heterocycles. The molecule has 2 amide bonds. The summed E-state index contributed by atoms with van der Waals surface area (Å²) in [4.78, 5) is 35.3. The molecule has 10 nitrogen and oxygen atoms in total. The maximum absolute atomic E-state index is 12.0. The number of hydrazine groups is 1. The maximum atomic E-state index is 12.0. The minimum absolute atomic E-state index is 0.0885. The number of nitrogens with zero attached hydrogens (tertiary/aromatic N) is 1. The highest BCUT2D eigenvalue weighted by Crippen LogP contribution is 2.12. The number of quaternary nitrogens is 1. The minimum Gasteiger partial charge on any atom is -0.370 e. The van der Waals surface area contributed by atoms with Gasteiger partial charge in [0, 0.05) is 17.7 Å². The van der Waals surface area contributed by atoms with E-state index >= 15 is 0 Å². The molecule has 1 fully saturated rings. The first-order valence-corrected chi connectivity index (χ1v) is 8.42. The van der Waals surface area contributed by atoms with Crippen molar-refractivity contribution >= 4 is 34.8 Å². The van der Waals surface area contributed by atoms with E-state index in [4.69, 9.17) is 17.0 Å². The molecule has 0 aliphatic carbocycles. The number of thiocarbonyl (C=S) groups is 1. The highest BCUT2D eigenvalue weighted by Gasteiger charge is 2.16. The van der Waals surface area contributed by atoms with Crippen molar-refractivity contribution in [1.29, 1.82) is 0 Å². The summed E-state index contributed by atoms with van der Waals surface area (Å²) in [5.74, 6) is -0.867. The van der Waals surface area contributed by atoms with Crippen LogP contribution in [0.1, 0.15) is 16.8 Å². The highest BCUT2D eigenvalue weighted by molar-refractivity contribution is 7.80. The van der Waals surface area contributed by atoms with Crippen LogP contribution >= 0.6 is 12.2 Å². The van der Waals surface area contributed by atoms with Crippen LogP contribution in [0.5, 0.6) is 0 Å². The number of hydrogen-bond donors (Lipinski definition) is 4. The zero-order valence-electron chi connectivity index (χ0n) is 13.9. The van der Waals surface area contributed by atoms with Crippen molar-refractivity contribution in [3.63, 3.8) is 0 Å². The van der Waals surface area contributed by atoms with Crippen molar-refractivity contribution in [3.8, 4) is 0 Å². The van der Waals surface area contributed by atoms with E-state index in [1.54, 1.807) is 0 Å². The standard InChI is InChI=1S/C15H19N5O5S/c21-13(4-5-19-6-8-25-9-7-19)17-18-15(26)16-14(22)11-2-1-3-12(10-11)20(23)24/h1-3,10H,4-9H2,(H,17,21)(H2,16,18,22,26)/p+1. The Kier molecular flexibility index (Phi) is 7.38. The molecule has 0 unspecified atom stereocenters. The number of morpholine rings is 1. The van der Waals surface area contributed by atoms with E-state index in [0.717, 1.165) is 19.2 Å². The lowest BCUT2D eigenvalue weighted by molar-refractivity contribution is -0.907. The first-order valence-electron chi connectivity index (χ1n) is 8.01. The van der Waals surface area contributed by atoms with Gasteiger partial charge in [0.05, 0.1) is 31.1 Å². The van der Waals surface area contributed by atoms with Gasteiger partial charge < -0.3 is 9.64 Å². The summed E-state index contributed by atoms with van der Waals surface area (Å²) in [6.07, 6.45) is 0.309. The second kappa shape index (κ2) is 9.75. The summed E-state index contributed by atoms with van der Waals surface area (Å²) < 4.78 is 5.25. The van der Waals surface area contributed by atoms with Crippen LogP contribution in [0.3, 0.4) is 0 Å². The second-order valence-electron chi connectivity index (χ2n) is 5.63. The summed E-state index contributed by atoms with van der Waals surface area (Å²) >= 11 is 4.93. The first-order chi connectivity index (χ1) is 12.5. The smallest absolute Gasteiger partial charge is 0.270 e. The van der Waals surface area contributed by atoms with Crippen LogP contribution in [0.25, 0.3) is 0 Å². The predicted octanol–water partition coefficient (Wildman–Crippen LogP) is -1.46. The molecule has 0 radical (unpaired) electrons. The number of carbonyl (C=O) groups excluding carboxylic acids is 2. The molecule has 1 aromatic carbocycles. The van der Waals surface area contributed by atoms with Crippen LogP contribution in [-0.2, 0) is 9.53 Å². The van der Waals surface area contributed by atoms with Gasteiger partial charge in [-0.05, 0) is 18.3 Å². The molecule has 140 valence electrons. The average molecular weight is 382 g/mol.